The average Bonchev–Trinajstić information content (AvgIpc) is 3.23. The molecule has 1 heterocycles. The molecule has 3 aromatic rings. The second-order valence-corrected chi connectivity index (χ2v) is 16.1. The predicted molar refractivity (Wildman–Crippen MR) is 133 cm³/mol. The summed E-state index contributed by atoms with van der Waals surface area (Å²) in [7, 11) is -2.49. The Kier molecular flexibility index (Phi) is 7.15. The molecule has 1 aliphatic rings. The van der Waals surface area contributed by atoms with E-state index in [9.17, 15) is 0 Å². The number of benzene rings is 3. The van der Waals surface area contributed by atoms with Gasteiger partial charge in [-0.05, 0) is 0 Å². The molecule has 0 amide bonds. The molecule has 0 aliphatic carbocycles. The van der Waals surface area contributed by atoms with E-state index in [1.807, 2.05) is 0 Å². The SMILES string of the molecule is CC(C)(C)[Si](OC[C@@H]1CC[C@@H]([Se]c2ccccc2)O1)(c1ccccc1)c1ccccc1. The number of rotatable bonds is 7. The summed E-state index contributed by atoms with van der Waals surface area (Å²) >= 11 is 0.355. The fraction of sp³-hybridized carbons (Fsp3) is 0.333. The summed E-state index contributed by atoms with van der Waals surface area (Å²) in [5, 5.41) is 3.01. The Morgan fingerprint density at radius 2 is 1.32 bits per heavy atom. The van der Waals surface area contributed by atoms with Gasteiger partial charge in [0, 0.05) is 0 Å². The molecule has 2 atom stereocenters. The monoisotopic (exact) mass is 496 g/mol. The Bertz CT molecular complexity index is 902. The van der Waals surface area contributed by atoms with Crippen molar-refractivity contribution in [3.8, 4) is 0 Å². The Labute approximate surface area is 194 Å². The summed E-state index contributed by atoms with van der Waals surface area (Å²) in [6.07, 6.45) is 2.39. The van der Waals surface area contributed by atoms with Gasteiger partial charge in [-0.15, -0.1) is 0 Å². The van der Waals surface area contributed by atoms with Crippen molar-refractivity contribution in [3.63, 3.8) is 0 Å². The van der Waals surface area contributed by atoms with Gasteiger partial charge >= 0.3 is 195 Å². The van der Waals surface area contributed by atoms with Gasteiger partial charge in [-0.25, -0.2) is 0 Å². The van der Waals surface area contributed by atoms with E-state index in [1.54, 1.807) is 0 Å². The zero-order valence-electron chi connectivity index (χ0n) is 18.7. The van der Waals surface area contributed by atoms with Gasteiger partial charge in [0.2, 0.25) is 0 Å². The standard InChI is InChI=1S/C27H32O2SeSi/c1-27(2,3)31(24-15-9-5-10-16-24,25-17-11-6-12-18-25)28-21-22-19-20-26(29-22)30-23-13-7-4-8-14-23/h4-18,22,26H,19-21H2,1-3H3/t22-,26+/m0/s1. The molecule has 0 saturated carbocycles. The third kappa shape index (κ3) is 5.05. The molecule has 1 saturated heterocycles. The van der Waals surface area contributed by atoms with Crippen LogP contribution in [0.25, 0.3) is 0 Å². The fourth-order valence-corrected chi connectivity index (χ4v) is 11.4. The summed E-state index contributed by atoms with van der Waals surface area (Å²) in [4.78, 5) is 0. The number of hydrogen-bond donors (Lipinski definition) is 0. The third-order valence-corrected chi connectivity index (χ3v) is 13.4. The molecule has 0 radical (unpaired) electrons. The molecule has 31 heavy (non-hydrogen) atoms. The molecule has 0 aromatic heterocycles. The first-order chi connectivity index (χ1) is 15.0. The van der Waals surface area contributed by atoms with Crippen molar-refractivity contribution >= 4 is 38.1 Å². The fourth-order valence-electron chi connectivity index (χ4n) is 4.51. The van der Waals surface area contributed by atoms with Crippen LogP contribution in [0.4, 0.5) is 0 Å². The van der Waals surface area contributed by atoms with Gasteiger partial charge in [0.05, 0.1) is 0 Å². The van der Waals surface area contributed by atoms with Crippen molar-refractivity contribution in [2.45, 2.75) is 49.8 Å². The van der Waals surface area contributed by atoms with Gasteiger partial charge in [-0.1, -0.05) is 0 Å². The molecular formula is C27H32O2SeSi. The maximum absolute atomic E-state index is 7.07. The van der Waals surface area contributed by atoms with Gasteiger partial charge in [0.1, 0.15) is 0 Å². The van der Waals surface area contributed by atoms with Gasteiger partial charge < -0.3 is 0 Å². The predicted octanol–water partition coefficient (Wildman–Crippen LogP) is 4.10. The molecule has 4 rings (SSSR count). The van der Waals surface area contributed by atoms with E-state index in [0.717, 1.165) is 12.8 Å². The van der Waals surface area contributed by atoms with Crippen LogP contribution in [0.15, 0.2) is 91.0 Å². The minimum atomic E-state index is -2.49. The number of ether oxygens (including phenoxy) is 1. The van der Waals surface area contributed by atoms with Crippen LogP contribution in [0.5, 0.6) is 0 Å². The van der Waals surface area contributed by atoms with Crippen molar-refractivity contribution in [2.24, 2.45) is 0 Å². The maximum atomic E-state index is 7.07. The van der Waals surface area contributed by atoms with E-state index in [0.29, 0.717) is 26.6 Å². The molecule has 0 N–H and O–H groups in total. The van der Waals surface area contributed by atoms with Gasteiger partial charge in [-0.2, -0.15) is 0 Å². The molecule has 162 valence electrons. The van der Waals surface area contributed by atoms with E-state index in [1.165, 1.54) is 14.8 Å². The van der Waals surface area contributed by atoms with E-state index in [-0.39, 0.29) is 11.1 Å². The quantitative estimate of drug-likeness (QED) is 0.460. The zero-order valence-corrected chi connectivity index (χ0v) is 21.4. The van der Waals surface area contributed by atoms with Crippen LogP contribution < -0.4 is 14.8 Å². The van der Waals surface area contributed by atoms with Crippen LogP contribution in [0.3, 0.4) is 0 Å². The molecule has 4 heteroatoms. The van der Waals surface area contributed by atoms with Crippen molar-refractivity contribution in [3.05, 3.63) is 91.0 Å². The van der Waals surface area contributed by atoms with E-state index < -0.39 is 8.32 Å². The van der Waals surface area contributed by atoms with E-state index in [2.05, 4.69) is 112 Å². The summed E-state index contributed by atoms with van der Waals surface area (Å²) < 4.78 is 15.0. The van der Waals surface area contributed by atoms with Crippen LogP contribution in [0, 0.1) is 0 Å². The first-order valence-electron chi connectivity index (χ1n) is 11.1. The normalized spacial score (nSPS) is 19.5. The van der Waals surface area contributed by atoms with Gasteiger partial charge in [0.25, 0.3) is 0 Å². The second kappa shape index (κ2) is 9.85. The van der Waals surface area contributed by atoms with Crippen molar-refractivity contribution in [1.82, 2.24) is 0 Å². The second-order valence-electron chi connectivity index (χ2n) is 9.17. The summed E-state index contributed by atoms with van der Waals surface area (Å²) in [6.45, 7) is 7.65. The Balaban J connectivity index is 1.55. The van der Waals surface area contributed by atoms with Crippen LogP contribution in [-0.2, 0) is 9.16 Å². The molecule has 1 fully saturated rings. The summed E-state index contributed by atoms with van der Waals surface area (Å²) in [5.41, 5.74) is 0. The van der Waals surface area contributed by atoms with Crippen LogP contribution in [-0.4, -0.2) is 41.0 Å². The van der Waals surface area contributed by atoms with Gasteiger partial charge in [-0.3, -0.25) is 0 Å². The van der Waals surface area contributed by atoms with Crippen LogP contribution in [0.2, 0.25) is 5.04 Å². The van der Waals surface area contributed by atoms with Crippen molar-refractivity contribution in [2.75, 3.05) is 6.61 Å². The van der Waals surface area contributed by atoms with E-state index >= 15 is 0 Å². The molecule has 0 spiro atoms. The Morgan fingerprint density at radius 3 is 1.84 bits per heavy atom. The third-order valence-electron chi connectivity index (χ3n) is 5.98. The first-order valence-corrected chi connectivity index (χ1v) is 14.9. The van der Waals surface area contributed by atoms with Gasteiger partial charge in [0.15, 0.2) is 0 Å². The summed E-state index contributed by atoms with van der Waals surface area (Å²) in [5.74, 6) is 0. The molecule has 0 bridgehead atoms. The number of hydrogen-bond acceptors (Lipinski definition) is 2. The molecular weight excluding hydrogens is 463 g/mol. The Morgan fingerprint density at radius 1 is 0.806 bits per heavy atom. The van der Waals surface area contributed by atoms with Crippen molar-refractivity contribution in [1.29, 1.82) is 0 Å². The van der Waals surface area contributed by atoms with E-state index in [4.69, 9.17) is 9.16 Å². The van der Waals surface area contributed by atoms with Crippen molar-refractivity contribution < 1.29 is 9.16 Å². The topological polar surface area (TPSA) is 18.5 Å². The molecule has 1 aliphatic heterocycles. The minimum absolute atomic E-state index is 0.00168. The molecule has 3 aromatic carbocycles. The van der Waals surface area contributed by atoms with Crippen LogP contribution >= 0.6 is 0 Å². The molecule has 0 unspecified atom stereocenters. The van der Waals surface area contributed by atoms with Crippen LogP contribution in [0.1, 0.15) is 33.6 Å². The Hall–Kier alpha value is -1.68. The zero-order chi connectivity index (χ0) is 21.7. The summed E-state index contributed by atoms with van der Waals surface area (Å²) in [6, 6.07) is 32.5. The first kappa shape index (κ1) is 22.5. The molecule has 2 nitrogen and oxygen atoms in total. The average molecular weight is 496 g/mol.